The van der Waals surface area contributed by atoms with E-state index in [0.29, 0.717) is 6.54 Å². The Balaban J connectivity index is 2.58. The maximum atomic E-state index is 12.5. The van der Waals surface area contributed by atoms with Crippen molar-refractivity contribution in [1.29, 1.82) is 0 Å². The van der Waals surface area contributed by atoms with Crippen molar-refractivity contribution in [1.82, 2.24) is 4.90 Å². The molecule has 0 aromatic heterocycles. The minimum absolute atomic E-state index is 0.0637. The van der Waals surface area contributed by atoms with Crippen LogP contribution >= 0.6 is 0 Å². The van der Waals surface area contributed by atoms with E-state index in [-0.39, 0.29) is 5.83 Å². The van der Waals surface area contributed by atoms with Crippen molar-refractivity contribution in [2.75, 3.05) is 20.1 Å². The van der Waals surface area contributed by atoms with Gasteiger partial charge >= 0.3 is 0 Å². The second-order valence-electron chi connectivity index (χ2n) is 2.24. The van der Waals surface area contributed by atoms with Gasteiger partial charge in [-0.15, -0.1) is 0 Å². The summed E-state index contributed by atoms with van der Waals surface area (Å²) < 4.78 is 12.5. The van der Waals surface area contributed by atoms with Crippen LogP contribution in [0.2, 0.25) is 0 Å². The van der Waals surface area contributed by atoms with Gasteiger partial charge in [0.1, 0.15) is 5.83 Å². The maximum absolute atomic E-state index is 12.5. The normalized spacial score (nSPS) is 21.3. The minimum Gasteiger partial charge on any atom is -0.296 e. The van der Waals surface area contributed by atoms with E-state index in [1.165, 1.54) is 6.08 Å². The molecule has 0 saturated carbocycles. The SMILES string of the molecule is CN1CC=CC=C(F)C1. The zero-order valence-corrected chi connectivity index (χ0v) is 5.47. The van der Waals surface area contributed by atoms with Crippen LogP contribution in [-0.2, 0) is 0 Å². The largest absolute Gasteiger partial charge is 0.296 e. The van der Waals surface area contributed by atoms with Gasteiger partial charge in [0.15, 0.2) is 0 Å². The fourth-order valence-electron chi connectivity index (χ4n) is 0.788. The van der Waals surface area contributed by atoms with Crippen molar-refractivity contribution >= 4 is 0 Å². The average Bonchev–Trinajstić information content (AvgIpc) is 1.93. The summed E-state index contributed by atoms with van der Waals surface area (Å²) in [4.78, 5) is 1.91. The molecule has 0 radical (unpaired) electrons. The number of nitrogens with zero attached hydrogens (tertiary/aromatic N) is 1. The first-order chi connectivity index (χ1) is 4.29. The highest BCUT2D eigenvalue weighted by Crippen LogP contribution is 2.02. The molecule has 1 rings (SSSR count). The van der Waals surface area contributed by atoms with Gasteiger partial charge in [-0.1, -0.05) is 12.2 Å². The van der Waals surface area contributed by atoms with Crippen LogP contribution in [0.4, 0.5) is 4.39 Å². The van der Waals surface area contributed by atoms with Gasteiger partial charge < -0.3 is 0 Å². The lowest BCUT2D eigenvalue weighted by molar-refractivity contribution is 0.371. The molecule has 0 fully saturated rings. The molecule has 0 aromatic rings. The van der Waals surface area contributed by atoms with E-state index in [1.54, 1.807) is 6.08 Å². The van der Waals surface area contributed by atoms with E-state index in [0.717, 1.165) is 6.54 Å². The minimum atomic E-state index is -0.0637. The Morgan fingerprint density at radius 3 is 3.22 bits per heavy atom. The second kappa shape index (κ2) is 2.78. The molecule has 0 N–H and O–H groups in total. The van der Waals surface area contributed by atoms with Crippen molar-refractivity contribution in [3.8, 4) is 0 Å². The van der Waals surface area contributed by atoms with E-state index < -0.39 is 0 Å². The first-order valence-electron chi connectivity index (χ1n) is 2.99. The van der Waals surface area contributed by atoms with Gasteiger partial charge in [0.05, 0.1) is 6.54 Å². The molecule has 1 nitrogen and oxygen atoms in total. The molecule has 0 unspecified atom stereocenters. The molecule has 0 saturated heterocycles. The summed E-state index contributed by atoms with van der Waals surface area (Å²) in [6.07, 6.45) is 5.19. The summed E-state index contributed by atoms with van der Waals surface area (Å²) in [5.74, 6) is -0.0637. The van der Waals surface area contributed by atoms with E-state index in [1.807, 2.05) is 18.0 Å². The van der Waals surface area contributed by atoms with Crippen LogP contribution in [0.3, 0.4) is 0 Å². The molecule has 0 aliphatic carbocycles. The molecular formula is C7H10FN. The number of hydrogen-bond acceptors (Lipinski definition) is 1. The molecule has 0 bridgehead atoms. The summed E-state index contributed by atoms with van der Waals surface area (Å²) in [6, 6.07) is 0. The molecule has 0 spiro atoms. The third-order valence-electron chi connectivity index (χ3n) is 1.25. The zero-order valence-electron chi connectivity index (χ0n) is 5.47. The molecule has 1 aliphatic heterocycles. The van der Waals surface area contributed by atoms with Gasteiger partial charge in [-0.2, -0.15) is 0 Å². The summed E-state index contributed by atoms with van der Waals surface area (Å²) in [7, 11) is 1.89. The number of allylic oxidation sites excluding steroid dienone is 2. The van der Waals surface area contributed by atoms with E-state index in [4.69, 9.17) is 0 Å². The van der Waals surface area contributed by atoms with Crippen LogP contribution in [0.1, 0.15) is 0 Å². The summed E-state index contributed by atoms with van der Waals surface area (Å²) >= 11 is 0. The summed E-state index contributed by atoms with van der Waals surface area (Å²) in [6.45, 7) is 1.27. The number of hydrogen-bond donors (Lipinski definition) is 0. The molecule has 1 aliphatic rings. The van der Waals surface area contributed by atoms with E-state index >= 15 is 0 Å². The third kappa shape index (κ3) is 1.98. The standard InChI is InChI=1S/C7H10FN/c1-9-5-3-2-4-7(8)6-9/h2-4H,5-6H2,1H3. The Bertz CT molecular complexity index is 149. The topological polar surface area (TPSA) is 3.24 Å². The van der Waals surface area contributed by atoms with Crippen molar-refractivity contribution in [2.45, 2.75) is 0 Å². The van der Waals surface area contributed by atoms with Crippen molar-refractivity contribution in [3.05, 3.63) is 24.1 Å². The van der Waals surface area contributed by atoms with Crippen LogP contribution in [0.25, 0.3) is 0 Å². The first kappa shape index (κ1) is 6.49. The molecule has 0 aromatic carbocycles. The van der Waals surface area contributed by atoms with Crippen molar-refractivity contribution in [2.24, 2.45) is 0 Å². The van der Waals surface area contributed by atoms with Gasteiger partial charge in [0.25, 0.3) is 0 Å². The molecule has 1 heterocycles. The molecule has 0 amide bonds. The number of halogens is 1. The van der Waals surface area contributed by atoms with Crippen LogP contribution in [-0.4, -0.2) is 25.0 Å². The molecule has 50 valence electrons. The smallest absolute Gasteiger partial charge is 0.114 e. The zero-order chi connectivity index (χ0) is 6.69. The highest BCUT2D eigenvalue weighted by molar-refractivity contribution is 5.11. The monoisotopic (exact) mass is 127 g/mol. The summed E-state index contributed by atoms with van der Waals surface area (Å²) in [5, 5.41) is 0. The molecule has 9 heavy (non-hydrogen) atoms. The second-order valence-corrected chi connectivity index (χ2v) is 2.24. The number of likely N-dealkylation sites (N-methyl/N-ethyl adjacent to an activating group) is 1. The average molecular weight is 127 g/mol. The Kier molecular flexibility index (Phi) is 2.01. The molecular weight excluding hydrogens is 117 g/mol. The van der Waals surface area contributed by atoms with Gasteiger partial charge in [-0.25, -0.2) is 4.39 Å². The lowest BCUT2D eigenvalue weighted by Crippen LogP contribution is -2.18. The van der Waals surface area contributed by atoms with Crippen LogP contribution < -0.4 is 0 Å². The van der Waals surface area contributed by atoms with Gasteiger partial charge in [-0.3, -0.25) is 4.90 Å². The molecule has 2 heteroatoms. The quantitative estimate of drug-likeness (QED) is 0.474. The van der Waals surface area contributed by atoms with Gasteiger partial charge in [0, 0.05) is 6.54 Å². The highest BCUT2D eigenvalue weighted by atomic mass is 19.1. The van der Waals surface area contributed by atoms with E-state index in [2.05, 4.69) is 0 Å². The fraction of sp³-hybridized carbons (Fsp3) is 0.429. The van der Waals surface area contributed by atoms with Gasteiger partial charge in [-0.05, 0) is 13.1 Å². The molecule has 0 atom stereocenters. The predicted molar refractivity (Wildman–Crippen MR) is 35.8 cm³/mol. The summed E-state index contributed by atoms with van der Waals surface area (Å²) in [5.41, 5.74) is 0. The Labute approximate surface area is 54.5 Å². The predicted octanol–water partition coefficient (Wildman–Crippen LogP) is 1.34. The van der Waals surface area contributed by atoms with E-state index in [9.17, 15) is 4.39 Å². The highest BCUT2D eigenvalue weighted by Gasteiger charge is 2.00. The number of rotatable bonds is 0. The van der Waals surface area contributed by atoms with Crippen LogP contribution in [0.15, 0.2) is 24.1 Å². The maximum Gasteiger partial charge on any atom is 0.114 e. The first-order valence-corrected chi connectivity index (χ1v) is 2.99. The lowest BCUT2D eigenvalue weighted by atomic mass is 10.4. The fourth-order valence-corrected chi connectivity index (χ4v) is 0.788. The Morgan fingerprint density at radius 2 is 2.44 bits per heavy atom. The Hall–Kier alpha value is -0.630. The van der Waals surface area contributed by atoms with Crippen molar-refractivity contribution < 1.29 is 4.39 Å². The van der Waals surface area contributed by atoms with Crippen LogP contribution in [0.5, 0.6) is 0 Å². The Morgan fingerprint density at radius 1 is 1.67 bits per heavy atom. The van der Waals surface area contributed by atoms with Gasteiger partial charge in [0.2, 0.25) is 0 Å². The third-order valence-corrected chi connectivity index (χ3v) is 1.25. The lowest BCUT2D eigenvalue weighted by Gasteiger charge is -2.09. The van der Waals surface area contributed by atoms with Crippen LogP contribution in [0, 0.1) is 0 Å². The van der Waals surface area contributed by atoms with Crippen molar-refractivity contribution in [3.63, 3.8) is 0 Å².